The summed E-state index contributed by atoms with van der Waals surface area (Å²) in [5.74, 6) is 1.21. The fourth-order valence-electron chi connectivity index (χ4n) is 1.79. The van der Waals surface area contributed by atoms with Crippen molar-refractivity contribution in [2.45, 2.75) is 26.4 Å². The smallest absolute Gasteiger partial charge is 0.127 e. The molecule has 2 rings (SSSR count). The number of halogens is 1. The van der Waals surface area contributed by atoms with Gasteiger partial charge < -0.3 is 14.8 Å². The molecule has 0 bridgehead atoms. The number of furan rings is 1. The van der Waals surface area contributed by atoms with E-state index in [1.165, 1.54) is 12.1 Å². The Morgan fingerprint density at radius 1 is 1.33 bits per heavy atom. The van der Waals surface area contributed by atoms with Gasteiger partial charge in [0.2, 0.25) is 0 Å². The molecule has 1 unspecified atom stereocenters. The minimum absolute atomic E-state index is 0.0316. The van der Waals surface area contributed by atoms with E-state index in [-0.39, 0.29) is 11.8 Å². The number of hydrogen-bond donors (Lipinski definition) is 2. The van der Waals surface area contributed by atoms with Crippen LogP contribution in [0.25, 0.3) is 0 Å². The van der Waals surface area contributed by atoms with Crippen molar-refractivity contribution in [3.8, 4) is 5.75 Å². The molecule has 0 saturated carbocycles. The predicted molar refractivity (Wildman–Crippen MR) is 66.8 cm³/mol. The lowest BCUT2D eigenvalue weighted by Crippen LogP contribution is -2.17. The zero-order valence-corrected chi connectivity index (χ0v) is 10.4. The Morgan fingerprint density at radius 2 is 2.11 bits per heavy atom. The summed E-state index contributed by atoms with van der Waals surface area (Å²) >= 11 is 0. The quantitative estimate of drug-likeness (QED) is 0.874. The Balaban J connectivity index is 1.99. The van der Waals surface area contributed by atoms with E-state index in [2.05, 4.69) is 5.32 Å². The van der Waals surface area contributed by atoms with Crippen LogP contribution in [0.1, 0.15) is 30.0 Å². The number of phenolic OH excluding ortho intramolecular Hbond substituents is 1. The first-order valence-corrected chi connectivity index (χ1v) is 5.83. The normalized spacial score (nSPS) is 12.6. The molecule has 0 aliphatic rings. The molecule has 0 amide bonds. The first-order chi connectivity index (χ1) is 8.54. The average molecular weight is 249 g/mol. The molecular formula is C14H16FNO2. The second kappa shape index (κ2) is 5.23. The van der Waals surface area contributed by atoms with Crippen molar-refractivity contribution >= 4 is 0 Å². The molecule has 0 saturated heterocycles. The Morgan fingerprint density at radius 3 is 2.72 bits per heavy atom. The van der Waals surface area contributed by atoms with E-state index < -0.39 is 5.82 Å². The summed E-state index contributed by atoms with van der Waals surface area (Å²) in [7, 11) is 0. The van der Waals surface area contributed by atoms with E-state index in [0.29, 0.717) is 12.1 Å². The fourth-order valence-corrected chi connectivity index (χ4v) is 1.79. The summed E-state index contributed by atoms with van der Waals surface area (Å²) in [6, 6.07) is 7.87. The molecule has 1 aromatic heterocycles. The minimum Gasteiger partial charge on any atom is -0.508 e. The van der Waals surface area contributed by atoms with Crippen LogP contribution in [0.15, 0.2) is 34.7 Å². The number of aromatic hydroxyl groups is 1. The van der Waals surface area contributed by atoms with Gasteiger partial charge in [0.1, 0.15) is 23.1 Å². The highest BCUT2D eigenvalue weighted by molar-refractivity contribution is 5.28. The van der Waals surface area contributed by atoms with Gasteiger partial charge >= 0.3 is 0 Å². The summed E-state index contributed by atoms with van der Waals surface area (Å²) in [5.41, 5.74) is 0.697. The van der Waals surface area contributed by atoms with Gasteiger partial charge in [-0.25, -0.2) is 4.39 Å². The Kier molecular flexibility index (Phi) is 3.67. The maximum Gasteiger partial charge on any atom is 0.127 e. The lowest BCUT2D eigenvalue weighted by molar-refractivity contribution is 0.415. The number of hydrogen-bond acceptors (Lipinski definition) is 3. The second-order valence-corrected chi connectivity index (χ2v) is 4.37. The number of benzene rings is 1. The van der Waals surface area contributed by atoms with Crippen LogP contribution in [-0.2, 0) is 6.54 Å². The van der Waals surface area contributed by atoms with Gasteiger partial charge in [-0.15, -0.1) is 0 Å². The summed E-state index contributed by atoms with van der Waals surface area (Å²) in [4.78, 5) is 0. The largest absolute Gasteiger partial charge is 0.508 e. The molecule has 0 spiro atoms. The van der Waals surface area contributed by atoms with Crippen LogP contribution in [0.4, 0.5) is 4.39 Å². The Labute approximate surface area is 105 Å². The number of nitrogens with one attached hydrogen (secondary N) is 1. The third-order valence-electron chi connectivity index (χ3n) is 2.74. The zero-order chi connectivity index (χ0) is 13.1. The first kappa shape index (κ1) is 12.6. The SMILES string of the molecule is Cc1ccc(C(C)NCc2cc(O)cc(F)c2)o1. The molecule has 18 heavy (non-hydrogen) atoms. The van der Waals surface area contributed by atoms with Gasteiger partial charge in [0.05, 0.1) is 6.04 Å². The number of rotatable bonds is 4. The molecule has 0 aliphatic carbocycles. The van der Waals surface area contributed by atoms with Crippen molar-refractivity contribution in [3.63, 3.8) is 0 Å². The monoisotopic (exact) mass is 249 g/mol. The molecule has 2 aromatic rings. The second-order valence-electron chi connectivity index (χ2n) is 4.37. The molecule has 0 fully saturated rings. The van der Waals surface area contributed by atoms with Crippen molar-refractivity contribution in [1.82, 2.24) is 5.32 Å². The highest BCUT2D eigenvalue weighted by Crippen LogP contribution is 2.18. The summed E-state index contributed by atoms with van der Waals surface area (Å²) in [5, 5.41) is 12.5. The molecular weight excluding hydrogens is 233 g/mol. The highest BCUT2D eigenvalue weighted by Gasteiger charge is 2.09. The molecule has 3 nitrogen and oxygen atoms in total. The summed E-state index contributed by atoms with van der Waals surface area (Å²) in [6.07, 6.45) is 0. The van der Waals surface area contributed by atoms with Crippen LogP contribution < -0.4 is 5.32 Å². The predicted octanol–water partition coefficient (Wildman–Crippen LogP) is 3.28. The molecule has 4 heteroatoms. The Hall–Kier alpha value is -1.81. The van der Waals surface area contributed by atoms with Crippen molar-refractivity contribution < 1.29 is 13.9 Å². The number of phenols is 1. The molecule has 1 heterocycles. The van der Waals surface area contributed by atoms with Crippen LogP contribution >= 0.6 is 0 Å². The van der Waals surface area contributed by atoms with Crippen molar-refractivity contribution in [1.29, 1.82) is 0 Å². The van der Waals surface area contributed by atoms with Gasteiger partial charge in [0.25, 0.3) is 0 Å². The van der Waals surface area contributed by atoms with Gasteiger partial charge in [-0.2, -0.15) is 0 Å². The van der Waals surface area contributed by atoms with Gasteiger partial charge in [0.15, 0.2) is 0 Å². The first-order valence-electron chi connectivity index (χ1n) is 5.83. The van der Waals surface area contributed by atoms with E-state index in [1.54, 1.807) is 0 Å². The molecule has 2 N–H and O–H groups in total. The van der Waals surface area contributed by atoms with Crippen molar-refractivity contribution in [3.05, 3.63) is 53.2 Å². The molecule has 1 aromatic carbocycles. The van der Waals surface area contributed by atoms with Crippen LogP contribution in [0.3, 0.4) is 0 Å². The van der Waals surface area contributed by atoms with E-state index in [1.807, 2.05) is 26.0 Å². The lowest BCUT2D eigenvalue weighted by atomic mass is 10.2. The molecule has 96 valence electrons. The summed E-state index contributed by atoms with van der Waals surface area (Å²) < 4.78 is 18.6. The topological polar surface area (TPSA) is 45.4 Å². The van der Waals surface area contributed by atoms with Crippen molar-refractivity contribution in [2.75, 3.05) is 0 Å². The minimum atomic E-state index is -0.437. The van der Waals surface area contributed by atoms with Crippen molar-refractivity contribution in [2.24, 2.45) is 0 Å². The van der Waals surface area contributed by atoms with Gasteiger partial charge in [0, 0.05) is 12.6 Å². The molecule has 1 atom stereocenters. The van der Waals surface area contributed by atoms with Crippen LogP contribution in [0, 0.1) is 12.7 Å². The van der Waals surface area contributed by atoms with Gasteiger partial charge in [-0.1, -0.05) is 0 Å². The number of aryl methyl sites for hydroxylation is 1. The Bertz CT molecular complexity index is 516. The van der Waals surface area contributed by atoms with Crippen LogP contribution in [0.5, 0.6) is 5.75 Å². The molecule has 0 aliphatic heterocycles. The van der Waals surface area contributed by atoms with E-state index >= 15 is 0 Å². The van der Waals surface area contributed by atoms with Gasteiger partial charge in [-0.3, -0.25) is 0 Å². The highest BCUT2D eigenvalue weighted by atomic mass is 19.1. The molecule has 0 radical (unpaired) electrons. The van der Waals surface area contributed by atoms with E-state index in [9.17, 15) is 9.50 Å². The third-order valence-corrected chi connectivity index (χ3v) is 2.74. The third kappa shape index (κ3) is 3.11. The van der Waals surface area contributed by atoms with Gasteiger partial charge in [-0.05, 0) is 43.7 Å². The fraction of sp³-hybridized carbons (Fsp3) is 0.286. The van der Waals surface area contributed by atoms with Crippen LogP contribution in [-0.4, -0.2) is 5.11 Å². The summed E-state index contributed by atoms with van der Waals surface area (Å²) in [6.45, 7) is 4.32. The zero-order valence-electron chi connectivity index (χ0n) is 10.4. The van der Waals surface area contributed by atoms with E-state index in [0.717, 1.165) is 17.6 Å². The van der Waals surface area contributed by atoms with E-state index in [4.69, 9.17) is 4.42 Å². The maximum atomic E-state index is 13.1. The average Bonchev–Trinajstić information content (AvgIpc) is 2.71. The lowest BCUT2D eigenvalue weighted by Gasteiger charge is -2.11. The standard InChI is InChI=1S/C14H16FNO2/c1-9-3-4-14(18-9)10(2)16-8-11-5-12(15)7-13(17)6-11/h3-7,10,16-17H,8H2,1-2H3. The van der Waals surface area contributed by atoms with Crippen LogP contribution in [0.2, 0.25) is 0 Å². The maximum absolute atomic E-state index is 13.1.